The van der Waals surface area contributed by atoms with Crippen molar-refractivity contribution in [3.05, 3.63) is 48.5 Å². The first-order valence-corrected chi connectivity index (χ1v) is 10.9. The van der Waals surface area contributed by atoms with Gasteiger partial charge < -0.3 is 15.2 Å². The summed E-state index contributed by atoms with van der Waals surface area (Å²) in [6.45, 7) is 1.58. The Labute approximate surface area is 185 Å². The predicted molar refractivity (Wildman–Crippen MR) is 121 cm³/mol. The fourth-order valence-electron chi connectivity index (χ4n) is 4.78. The molecule has 5 rings (SSSR count). The molecule has 2 fully saturated rings. The number of imide groups is 1. The minimum Gasteiger partial charge on any atom is -0.327 e. The largest absolute Gasteiger partial charge is 0.327 e. The van der Waals surface area contributed by atoms with Crippen LogP contribution >= 0.6 is 0 Å². The highest BCUT2D eigenvalue weighted by Gasteiger charge is 2.54. The molecule has 1 saturated carbocycles. The predicted octanol–water partition coefficient (Wildman–Crippen LogP) is 3.43. The number of amides is 4. The van der Waals surface area contributed by atoms with Crippen LogP contribution in [0.25, 0.3) is 22.4 Å². The van der Waals surface area contributed by atoms with E-state index in [-0.39, 0.29) is 5.91 Å². The maximum Gasteiger partial charge on any atom is 0.325 e. The zero-order valence-corrected chi connectivity index (χ0v) is 18.1. The van der Waals surface area contributed by atoms with Crippen LogP contribution in [0.1, 0.15) is 32.6 Å². The van der Waals surface area contributed by atoms with Gasteiger partial charge in [-0.05, 0) is 56.2 Å². The lowest BCUT2D eigenvalue weighted by Crippen LogP contribution is -2.48. The smallest absolute Gasteiger partial charge is 0.325 e. The van der Waals surface area contributed by atoms with Crippen molar-refractivity contribution >= 4 is 34.6 Å². The van der Waals surface area contributed by atoms with Crippen LogP contribution in [0.5, 0.6) is 0 Å². The maximum absolute atomic E-state index is 12.9. The lowest BCUT2D eigenvalue weighted by molar-refractivity contribution is -0.136. The molecule has 1 atom stereocenters. The van der Waals surface area contributed by atoms with E-state index < -0.39 is 23.5 Å². The molecule has 164 valence electrons. The fourth-order valence-corrected chi connectivity index (χ4v) is 4.78. The van der Waals surface area contributed by atoms with E-state index in [0.29, 0.717) is 18.5 Å². The van der Waals surface area contributed by atoms with E-state index in [2.05, 4.69) is 10.6 Å². The molecular formula is C24H25N5O3. The van der Waals surface area contributed by atoms with Gasteiger partial charge in [-0.2, -0.15) is 0 Å². The van der Waals surface area contributed by atoms with Crippen LogP contribution in [0.15, 0.2) is 48.5 Å². The Balaban J connectivity index is 1.31. The molecule has 8 heteroatoms. The van der Waals surface area contributed by atoms with Crippen LogP contribution in [-0.4, -0.2) is 43.9 Å². The van der Waals surface area contributed by atoms with Crippen molar-refractivity contribution < 1.29 is 14.4 Å². The second-order valence-corrected chi connectivity index (χ2v) is 8.62. The number of imidazole rings is 1. The highest BCUT2D eigenvalue weighted by atomic mass is 16.2. The van der Waals surface area contributed by atoms with Crippen LogP contribution in [0.3, 0.4) is 0 Å². The highest BCUT2D eigenvalue weighted by Crippen LogP contribution is 2.36. The number of urea groups is 1. The summed E-state index contributed by atoms with van der Waals surface area (Å²) in [5.74, 6) is 0.137. The van der Waals surface area contributed by atoms with Crippen molar-refractivity contribution in [1.82, 2.24) is 19.8 Å². The van der Waals surface area contributed by atoms with E-state index in [9.17, 15) is 14.4 Å². The molecule has 8 nitrogen and oxygen atoms in total. The number of fused-ring (bicyclic) bond motifs is 1. The molecule has 2 N–H and O–H groups in total. The highest BCUT2D eigenvalue weighted by molar-refractivity contribution is 6.11. The Morgan fingerprint density at radius 3 is 2.47 bits per heavy atom. The van der Waals surface area contributed by atoms with Gasteiger partial charge in [0.25, 0.3) is 5.91 Å². The van der Waals surface area contributed by atoms with E-state index in [1.54, 1.807) is 19.1 Å². The van der Waals surface area contributed by atoms with Crippen LogP contribution < -0.4 is 10.6 Å². The van der Waals surface area contributed by atoms with E-state index in [4.69, 9.17) is 4.98 Å². The van der Waals surface area contributed by atoms with Crippen molar-refractivity contribution in [3.8, 4) is 11.4 Å². The number of aromatic nitrogens is 2. The number of anilines is 1. The molecule has 1 spiro atoms. The molecule has 0 bridgehead atoms. The Kier molecular flexibility index (Phi) is 4.73. The molecule has 1 aromatic heterocycles. The normalized spacial score (nSPS) is 18.4. The summed E-state index contributed by atoms with van der Waals surface area (Å²) >= 11 is 0. The second-order valence-electron chi connectivity index (χ2n) is 8.62. The number of hydrogen-bond donors (Lipinski definition) is 2. The van der Waals surface area contributed by atoms with Gasteiger partial charge in [0.1, 0.15) is 17.4 Å². The summed E-state index contributed by atoms with van der Waals surface area (Å²) in [5.41, 5.74) is 2.66. The van der Waals surface area contributed by atoms with Crippen molar-refractivity contribution in [3.63, 3.8) is 0 Å². The van der Waals surface area contributed by atoms with Gasteiger partial charge in [-0.3, -0.25) is 9.59 Å². The summed E-state index contributed by atoms with van der Waals surface area (Å²) in [7, 11) is 1.97. The number of nitrogens with one attached hydrogen (secondary N) is 2. The second kappa shape index (κ2) is 7.47. The molecule has 32 heavy (non-hydrogen) atoms. The number of carbonyl (C=O) groups excluding carboxylic acids is 3. The molecule has 4 amide bonds. The van der Waals surface area contributed by atoms with E-state index in [0.717, 1.165) is 40.2 Å². The molecule has 2 heterocycles. The number of rotatable bonds is 4. The van der Waals surface area contributed by atoms with Crippen molar-refractivity contribution in [2.75, 3.05) is 5.32 Å². The molecular weight excluding hydrogens is 406 g/mol. The van der Waals surface area contributed by atoms with Gasteiger partial charge in [-0.15, -0.1) is 0 Å². The minimum absolute atomic E-state index is 0.292. The molecule has 0 radical (unpaired) electrons. The SMILES string of the molecule is CC(C(=O)Nc1ccc(-c2nc3ccccc3n2C)cc1)N1C(=O)NC2(CCCC2)C1=O. The fraction of sp³-hybridized carbons (Fsp3) is 0.333. The number of aryl methyl sites for hydroxylation is 1. The van der Waals surface area contributed by atoms with Crippen molar-refractivity contribution in [2.24, 2.45) is 7.05 Å². The van der Waals surface area contributed by atoms with Gasteiger partial charge in [0.2, 0.25) is 5.91 Å². The van der Waals surface area contributed by atoms with E-state index in [1.807, 2.05) is 48.0 Å². The minimum atomic E-state index is -0.901. The van der Waals surface area contributed by atoms with Crippen LogP contribution in [0.2, 0.25) is 0 Å². The molecule has 1 aliphatic carbocycles. The third kappa shape index (κ3) is 3.14. The van der Waals surface area contributed by atoms with E-state index >= 15 is 0 Å². The van der Waals surface area contributed by atoms with Crippen LogP contribution in [0.4, 0.5) is 10.5 Å². The Morgan fingerprint density at radius 2 is 1.78 bits per heavy atom. The first-order valence-electron chi connectivity index (χ1n) is 10.9. The summed E-state index contributed by atoms with van der Waals surface area (Å²) in [5, 5.41) is 5.64. The van der Waals surface area contributed by atoms with Gasteiger partial charge in [0, 0.05) is 18.3 Å². The zero-order chi connectivity index (χ0) is 22.5. The maximum atomic E-state index is 12.9. The molecule has 2 aliphatic rings. The Hall–Kier alpha value is -3.68. The standard InChI is InChI=1S/C24H25N5O3/c1-15(29-22(31)24(27-23(29)32)13-5-6-14-24)21(30)25-17-11-9-16(10-12-17)20-26-18-7-3-4-8-19(18)28(20)2/h3-4,7-12,15H,5-6,13-14H2,1-2H3,(H,25,30)(H,27,32). The van der Waals surface area contributed by atoms with Gasteiger partial charge in [0.15, 0.2) is 0 Å². The van der Waals surface area contributed by atoms with Gasteiger partial charge >= 0.3 is 6.03 Å². The Bertz CT molecular complexity index is 1220. The zero-order valence-electron chi connectivity index (χ0n) is 18.1. The first kappa shape index (κ1) is 20.2. The molecule has 3 aromatic rings. The summed E-state index contributed by atoms with van der Waals surface area (Å²) < 4.78 is 2.03. The molecule has 1 unspecified atom stereocenters. The van der Waals surface area contributed by atoms with Crippen molar-refractivity contribution in [2.45, 2.75) is 44.2 Å². The van der Waals surface area contributed by atoms with Gasteiger partial charge in [-0.1, -0.05) is 25.0 Å². The average Bonchev–Trinajstić information content (AvgIpc) is 3.46. The quantitative estimate of drug-likeness (QED) is 0.619. The topological polar surface area (TPSA) is 96.3 Å². The monoisotopic (exact) mass is 431 g/mol. The van der Waals surface area contributed by atoms with Gasteiger partial charge in [-0.25, -0.2) is 14.7 Å². The number of nitrogens with zero attached hydrogens (tertiary/aromatic N) is 3. The lowest BCUT2D eigenvalue weighted by atomic mass is 9.97. The number of para-hydroxylation sites is 2. The lowest BCUT2D eigenvalue weighted by Gasteiger charge is -2.23. The van der Waals surface area contributed by atoms with Crippen molar-refractivity contribution in [1.29, 1.82) is 0 Å². The number of benzene rings is 2. The van der Waals surface area contributed by atoms with Crippen LogP contribution in [-0.2, 0) is 16.6 Å². The van der Waals surface area contributed by atoms with Crippen LogP contribution in [0, 0.1) is 0 Å². The number of hydrogen-bond acceptors (Lipinski definition) is 4. The first-order chi connectivity index (χ1) is 15.4. The van der Waals surface area contributed by atoms with E-state index in [1.165, 1.54) is 0 Å². The summed E-state index contributed by atoms with van der Waals surface area (Å²) in [6, 6.07) is 13.9. The molecule has 1 aliphatic heterocycles. The van der Waals surface area contributed by atoms with Gasteiger partial charge in [0.05, 0.1) is 11.0 Å². The molecule has 2 aromatic carbocycles. The molecule has 1 saturated heterocycles. The number of carbonyl (C=O) groups is 3. The third-order valence-corrected chi connectivity index (χ3v) is 6.61. The summed E-state index contributed by atoms with van der Waals surface area (Å²) in [6.07, 6.45) is 3.06. The third-order valence-electron chi connectivity index (χ3n) is 6.61. The Morgan fingerprint density at radius 1 is 1.09 bits per heavy atom. The summed E-state index contributed by atoms with van der Waals surface area (Å²) in [4.78, 5) is 43.9. The average molecular weight is 431 g/mol.